The summed E-state index contributed by atoms with van der Waals surface area (Å²) in [6.45, 7) is 2.95. The number of hydrogen-bond donors (Lipinski definition) is 3. The Morgan fingerprint density at radius 1 is 1.26 bits per heavy atom. The minimum Gasteiger partial charge on any atom is -0.346 e. The molecule has 0 aromatic heterocycles. The highest BCUT2D eigenvalue weighted by molar-refractivity contribution is 5.90. The summed E-state index contributed by atoms with van der Waals surface area (Å²) in [5, 5.41) is 8.19. The third-order valence-electron chi connectivity index (χ3n) is 4.28. The number of benzene rings is 1. The van der Waals surface area contributed by atoms with E-state index in [-0.39, 0.29) is 17.9 Å². The van der Waals surface area contributed by atoms with Gasteiger partial charge in [-0.2, -0.15) is 13.2 Å². The van der Waals surface area contributed by atoms with Crippen LogP contribution in [0.15, 0.2) is 18.2 Å². The molecule has 0 spiro atoms. The summed E-state index contributed by atoms with van der Waals surface area (Å²) in [7, 11) is 3.42. The van der Waals surface area contributed by atoms with Crippen LogP contribution in [0.5, 0.6) is 0 Å². The topological polar surface area (TPSA) is 73.5 Å². The van der Waals surface area contributed by atoms with Crippen molar-refractivity contribution in [1.29, 1.82) is 0 Å². The molecule has 1 fully saturated rings. The molecular formula is C17H22F4N4O2. The van der Waals surface area contributed by atoms with E-state index in [1.165, 1.54) is 13.8 Å². The van der Waals surface area contributed by atoms with Crippen molar-refractivity contribution in [2.24, 2.45) is 0 Å². The predicted octanol–water partition coefficient (Wildman–Crippen LogP) is 1.52. The van der Waals surface area contributed by atoms with Crippen molar-refractivity contribution in [2.45, 2.75) is 44.3 Å². The van der Waals surface area contributed by atoms with E-state index in [0.29, 0.717) is 6.07 Å². The van der Waals surface area contributed by atoms with Crippen molar-refractivity contribution in [3.05, 3.63) is 35.1 Å². The van der Waals surface area contributed by atoms with Crippen molar-refractivity contribution in [2.75, 3.05) is 14.1 Å². The molecule has 10 heteroatoms. The summed E-state index contributed by atoms with van der Waals surface area (Å²) >= 11 is 0. The minimum absolute atomic E-state index is 0.0896. The number of alkyl halides is 3. The van der Waals surface area contributed by atoms with Crippen LogP contribution in [0, 0.1) is 5.82 Å². The van der Waals surface area contributed by atoms with Gasteiger partial charge in [-0.25, -0.2) is 4.39 Å². The van der Waals surface area contributed by atoms with Crippen LogP contribution in [0.2, 0.25) is 0 Å². The summed E-state index contributed by atoms with van der Waals surface area (Å²) in [6, 6.07) is 1.31. The average molecular weight is 390 g/mol. The minimum atomic E-state index is -4.66. The number of nitrogens with one attached hydrogen (secondary N) is 3. The van der Waals surface area contributed by atoms with Gasteiger partial charge in [0.2, 0.25) is 11.8 Å². The molecule has 1 heterocycles. The van der Waals surface area contributed by atoms with Crippen molar-refractivity contribution in [1.82, 2.24) is 20.9 Å². The number of carbonyl (C=O) groups is 2. The second kappa shape index (κ2) is 7.43. The normalized spacial score (nSPS) is 21.1. The summed E-state index contributed by atoms with van der Waals surface area (Å²) in [6.07, 6.45) is -5.32. The molecule has 2 atom stereocenters. The van der Waals surface area contributed by atoms with Crippen molar-refractivity contribution in [3.63, 3.8) is 0 Å². The van der Waals surface area contributed by atoms with E-state index >= 15 is 0 Å². The van der Waals surface area contributed by atoms with Gasteiger partial charge in [0.25, 0.3) is 0 Å². The van der Waals surface area contributed by atoms with Gasteiger partial charge >= 0.3 is 6.18 Å². The maximum Gasteiger partial charge on any atom is 0.416 e. The number of hydrogen-bond acceptors (Lipinski definition) is 4. The van der Waals surface area contributed by atoms with E-state index in [4.69, 9.17) is 0 Å². The molecule has 1 aromatic rings. The van der Waals surface area contributed by atoms with Crippen LogP contribution in [-0.4, -0.2) is 43.1 Å². The van der Waals surface area contributed by atoms with E-state index < -0.39 is 41.3 Å². The lowest BCUT2D eigenvalue weighted by molar-refractivity contribution is -0.137. The average Bonchev–Trinajstić information content (AvgIpc) is 2.52. The molecule has 1 aromatic carbocycles. The lowest BCUT2D eigenvalue weighted by Gasteiger charge is -2.36. The van der Waals surface area contributed by atoms with Gasteiger partial charge in [-0.1, -0.05) is 6.07 Å². The van der Waals surface area contributed by atoms with Crippen molar-refractivity contribution < 1.29 is 27.2 Å². The SMILES string of the molecule is CN(C)C1NC(=O)CC(C(=O)NC(C)(C)c2ccc(C(F)(F)F)cc2F)N1. The molecule has 2 rings (SSSR count). The highest BCUT2D eigenvalue weighted by Gasteiger charge is 2.36. The third kappa shape index (κ3) is 4.95. The fourth-order valence-electron chi connectivity index (χ4n) is 2.80. The first-order chi connectivity index (χ1) is 12.3. The summed E-state index contributed by atoms with van der Waals surface area (Å²) in [5.74, 6) is -1.96. The molecule has 6 nitrogen and oxygen atoms in total. The lowest BCUT2D eigenvalue weighted by atomic mass is 9.92. The molecule has 2 unspecified atom stereocenters. The zero-order chi connectivity index (χ0) is 20.6. The van der Waals surface area contributed by atoms with Crippen molar-refractivity contribution in [3.8, 4) is 0 Å². The maximum absolute atomic E-state index is 14.3. The van der Waals surface area contributed by atoms with Crippen LogP contribution in [0.4, 0.5) is 17.6 Å². The number of amides is 2. The number of nitrogens with zero attached hydrogens (tertiary/aromatic N) is 1. The predicted molar refractivity (Wildman–Crippen MR) is 89.7 cm³/mol. The molecule has 0 saturated carbocycles. The van der Waals surface area contributed by atoms with Gasteiger partial charge in [0.05, 0.1) is 23.6 Å². The summed E-state index contributed by atoms with van der Waals surface area (Å²) in [5.41, 5.74) is -2.48. The Kier molecular flexibility index (Phi) is 5.81. The Bertz CT molecular complexity index is 734. The Morgan fingerprint density at radius 2 is 1.89 bits per heavy atom. The fourth-order valence-corrected chi connectivity index (χ4v) is 2.80. The van der Waals surface area contributed by atoms with Gasteiger partial charge in [-0.15, -0.1) is 0 Å². The Labute approximate surface area is 154 Å². The van der Waals surface area contributed by atoms with Gasteiger partial charge < -0.3 is 10.6 Å². The first kappa shape index (κ1) is 21.1. The van der Waals surface area contributed by atoms with E-state index in [1.807, 2.05) is 0 Å². The number of carbonyl (C=O) groups excluding carboxylic acids is 2. The Balaban J connectivity index is 2.18. The molecule has 2 amide bonds. The number of halogens is 4. The van der Waals surface area contributed by atoms with E-state index in [2.05, 4.69) is 16.0 Å². The molecule has 1 aliphatic rings. The van der Waals surface area contributed by atoms with Gasteiger partial charge in [-0.3, -0.25) is 19.8 Å². The standard InChI is InChI=1S/C17H22F4N4O2/c1-16(2,10-6-5-9(7-11(10)18)17(19,20)21)24-14(27)12-8-13(26)23-15(22-12)25(3)4/h5-7,12,15,22H,8H2,1-4H3,(H,23,26)(H,24,27). The summed E-state index contributed by atoms with van der Waals surface area (Å²) in [4.78, 5) is 26.0. The highest BCUT2D eigenvalue weighted by Crippen LogP contribution is 2.32. The zero-order valence-electron chi connectivity index (χ0n) is 15.4. The van der Waals surface area contributed by atoms with E-state index in [0.717, 1.165) is 12.1 Å². The van der Waals surface area contributed by atoms with E-state index in [1.54, 1.807) is 19.0 Å². The molecule has 3 N–H and O–H groups in total. The molecule has 150 valence electrons. The summed E-state index contributed by atoms with van der Waals surface area (Å²) < 4.78 is 52.4. The third-order valence-corrected chi connectivity index (χ3v) is 4.28. The quantitative estimate of drug-likeness (QED) is 0.682. The van der Waals surface area contributed by atoms with Crippen LogP contribution in [-0.2, 0) is 21.3 Å². The maximum atomic E-state index is 14.3. The first-order valence-corrected chi connectivity index (χ1v) is 8.22. The molecule has 0 aliphatic carbocycles. The second-order valence-electron chi connectivity index (χ2n) is 7.16. The van der Waals surface area contributed by atoms with Crippen LogP contribution in [0.3, 0.4) is 0 Å². The van der Waals surface area contributed by atoms with Crippen LogP contribution in [0.1, 0.15) is 31.4 Å². The van der Waals surface area contributed by atoms with E-state index in [9.17, 15) is 27.2 Å². The monoisotopic (exact) mass is 390 g/mol. The largest absolute Gasteiger partial charge is 0.416 e. The molecule has 27 heavy (non-hydrogen) atoms. The van der Waals surface area contributed by atoms with Gasteiger partial charge in [0, 0.05) is 5.56 Å². The van der Waals surface area contributed by atoms with Crippen LogP contribution in [0.25, 0.3) is 0 Å². The molecule has 1 aliphatic heterocycles. The molecule has 0 radical (unpaired) electrons. The Hall–Kier alpha value is -2.20. The van der Waals surface area contributed by atoms with Gasteiger partial charge in [-0.05, 0) is 40.1 Å². The van der Waals surface area contributed by atoms with Gasteiger partial charge in [0.15, 0.2) is 0 Å². The van der Waals surface area contributed by atoms with Crippen LogP contribution >= 0.6 is 0 Å². The number of rotatable bonds is 4. The Morgan fingerprint density at radius 3 is 2.41 bits per heavy atom. The second-order valence-corrected chi connectivity index (χ2v) is 7.16. The highest BCUT2D eigenvalue weighted by atomic mass is 19.4. The van der Waals surface area contributed by atoms with Crippen molar-refractivity contribution >= 4 is 11.8 Å². The fraction of sp³-hybridized carbons (Fsp3) is 0.529. The lowest BCUT2D eigenvalue weighted by Crippen LogP contribution is -2.66. The van der Waals surface area contributed by atoms with Crippen LogP contribution < -0.4 is 16.0 Å². The smallest absolute Gasteiger partial charge is 0.346 e. The molecule has 0 bridgehead atoms. The molecular weight excluding hydrogens is 368 g/mol. The molecule has 1 saturated heterocycles. The zero-order valence-corrected chi connectivity index (χ0v) is 15.4. The van der Waals surface area contributed by atoms with Gasteiger partial charge in [0.1, 0.15) is 12.1 Å². The first-order valence-electron chi connectivity index (χ1n) is 8.22.